The molecular formula is C28H30F6O4. The summed E-state index contributed by atoms with van der Waals surface area (Å²) in [6, 6.07) is 0. The van der Waals surface area contributed by atoms with E-state index in [-0.39, 0.29) is 54.3 Å². The van der Waals surface area contributed by atoms with Crippen LogP contribution in [0.15, 0.2) is 12.2 Å². The van der Waals surface area contributed by atoms with Gasteiger partial charge in [0.25, 0.3) is 0 Å². The molecule has 0 radical (unpaired) electrons. The van der Waals surface area contributed by atoms with Crippen LogP contribution in [0.5, 0.6) is 0 Å². The summed E-state index contributed by atoms with van der Waals surface area (Å²) >= 11 is 0. The van der Waals surface area contributed by atoms with Gasteiger partial charge in [-0.3, -0.25) is 9.59 Å². The molecule has 0 aliphatic heterocycles. The van der Waals surface area contributed by atoms with E-state index in [0.717, 1.165) is 6.42 Å². The number of alkyl halides is 6. The fraction of sp³-hybridized carbons (Fsp3) is 0.857. The summed E-state index contributed by atoms with van der Waals surface area (Å²) in [6.07, 6.45) is -4.83. The number of fused-ring (bicyclic) bond motifs is 18. The van der Waals surface area contributed by atoms with Crippen LogP contribution in [-0.4, -0.2) is 35.5 Å². The van der Waals surface area contributed by atoms with Crippen molar-refractivity contribution >= 4 is 11.9 Å². The lowest BCUT2D eigenvalue weighted by atomic mass is 9.60. The third-order valence-electron chi connectivity index (χ3n) is 13.2. The summed E-state index contributed by atoms with van der Waals surface area (Å²) < 4.78 is 92.8. The maximum absolute atomic E-state index is 14.8. The fourth-order valence-electron chi connectivity index (χ4n) is 12.4. The molecule has 7 saturated carbocycles. The molecule has 15 unspecified atom stereocenters. The number of carboxylic acids is 1. The van der Waals surface area contributed by atoms with Crippen LogP contribution in [0.1, 0.15) is 44.9 Å². The van der Waals surface area contributed by atoms with Crippen LogP contribution in [0.25, 0.3) is 0 Å². The zero-order chi connectivity index (χ0) is 26.7. The first kappa shape index (κ1) is 24.1. The van der Waals surface area contributed by atoms with Crippen molar-refractivity contribution in [3.05, 3.63) is 12.2 Å². The molecule has 1 N–H and O–H groups in total. The maximum atomic E-state index is 14.8. The molecule has 8 bridgehead atoms. The van der Waals surface area contributed by atoms with Crippen molar-refractivity contribution in [3.63, 3.8) is 0 Å². The summed E-state index contributed by atoms with van der Waals surface area (Å²) in [6.45, 7) is 0. The molecule has 0 amide bonds. The minimum absolute atomic E-state index is 0.0280. The van der Waals surface area contributed by atoms with Crippen molar-refractivity contribution in [1.29, 1.82) is 0 Å². The van der Waals surface area contributed by atoms with Gasteiger partial charge in [0.1, 0.15) is 6.10 Å². The van der Waals surface area contributed by atoms with Gasteiger partial charge in [0.2, 0.25) is 0 Å². The normalized spacial score (nSPS) is 56.6. The lowest BCUT2D eigenvalue weighted by Gasteiger charge is -2.47. The molecular weight excluding hydrogens is 514 g/mol. The van der Waals surface area contributed by atoms with Crippen molar-refractivity contribution in [2.75, 3.05) is 0 Å². The predicted molar refractivity (Wildman–Crippen MR) is 118 cm³/mol. The quantitative estimate of drug-likeness (QED) is 0.209. The van der Waals surface area contributed by atoms with Gasteiger partial charge in [0.05, 0.1) is 0 Å². The van der Waals surface area contributed by atoms with Gasteiger partial charge in [-0.2, -0.15) is 26.3 Å². The van der Waals surface area contributed by atoms with Gasteiger partial charge in [0, 0.05) is 0 Å². The lowest BCUT2D eigenvalue weighted by molar-refractivity contribution is -0.264. The number of carbonyl (C=O) groups is 2. The highest BCUT2D eigenvalue weighted by molar-refractivity contribution is 5.80. The first-order valence-corrected chi connectivity index (χ1v) is 14.1. The number of carboxylic acid groups (broad SMARTS) is 1. The Morgan fingerprint density at radius 1 is 0.711 bits per heavy atom. The van der Waals surface area contributed by atoms with Crippen molar-refractivity contribution < 1.29 is 45.8 Å². The van der Waals surface area contributed by atoms with Crippen LogP contribution in [-0.2, 0) is 14.3 Å². The van der Waals surface area contributed by atoms with E-state index in [4.69, 9.17) is 4.74 Å². The smallest absolute Gasteiger partial charge is 0.405 e. The van der Waals surface area contributed by atoms with Crippen molar-refractivity contribution in [1.82, 2.24) is 0 Å². The van der Waals surface area contributed by atoms with E-state index in [9.17, 15) is 41.0 Å². The van der Waals surface area contributed by atoms with Crippen molar-refractivity contribution in [2.45, 2.75) is 63.4 Å². The van der Waals surface area contributed by atoms with E-state index in [1.807, 2.05) is 6.08 Å². The molecule has 7 fully saturated rings. The van der Waals surface area contributed by atoms with Gasteiger partial charge >= 0.3 is 24.3 Å². The van der Waals surface area contributed by atoms with Crippen molar-refractivity contribution in [3.8, 4) is 0 Å². The Morgan fingerprint density at radius 3 is 1.92 bits per heavy atom. The van der Waals surface area contributed by atoms with E-state index >= 15 is 0 Å². The summed E-state index contributed by atoms with van der Waals surface area (Å²) in [7, 11) is 0. The Kier molecular flexibility index (Phi) is 4.40. The van der Waals surface area contributed by atoms with Gasteiger partial charge in [-0.15, -0.1) is 0 Å². The van der Waals surface area contributed by atoms with Gasteiger partial charge in [0.15, 0.2) is 10.8 Å². The van der Waals surface area contributed by atoms with E-state index in [1.54, 1.807) is 0 Å². The highest BCUT2D eigenvalue weighted by Gasteiger charge is 2.80. The summed E-state index contributed by atoms with van der Waals surface area (Å²) in [5.74, 6) is -6.34. The predicted octanol–water partition coefficient (Wildman–Crippen LogP) is 5.87. The summed E-state index contributed by atoms with van der Waals surface area (Å²) in [5, 5.41) is 9.73. The minimum atomic E-state index is -4.91. The molecule has 208 valence electrons. The summed E-state index contributed by atoms with van der Waals surface area (Å²) in [4.78, 5) is 25.7. The largest absolute Gasteiger partial charge is 0.481 e. The monoisotopic (exact) mass is 544 g/mol. The SMILES string of the molecule is O=C(OC1CC2CC1C1C2C2CC1C(C(=O)O)(C(F)(F)F)C2)C1(C(F)(F)F)CC2CC1C1C3C=CC(C3)C21. The van der Waals surface area contributed by atoms with Gasteiger partial charge in [-0.05, 0) is 116 Å². The molecule has 15 atom stereocenters. The Balaban J connectivity index is 1.08. The van der Waals surface area contributed by atoms with Crippen LogP contribution >= 0.6 is 0 Å². The van der Waals surface area contributed by atoms with Crippen LogP contribution in [0.2, 0.25) is 0 Å². The molecule has 10 heteroatoms. The highest BCUT2D eigenvalue weighted by atomic mass is 19.4. The highest BCUT2D eigenvalue weighted by Crippen LogP contribution is 2.76. The Bertz CT molecular complexity index is 1150. The molecule has 38 heavy (non-hydrogen) atoms. The number of ether oxygens (including phenoxy) is 1. The van der Waals surface area contributed by atoms with Gasteiger partial charge in [-0.1, -0.05) is 12.2 Å². The van der Waals surface area contributed by atoms with E-state index < -0.39 is 71.3 Å². The molecule has 0 heterocycles. The third-order valence-corrected chi connectivity index (χ3v) is 13.2. The molecule has 8 rings (SSSR count). The molecule has 8 aliphatic rings. The van der Waals surface area contributed by atoms with Crippen molar-refractivity contribution in [2.24, 2.45) is 81.8 Å². The second-order valence-electron chi connectivity index (χ2n) is 14.0. The second-order valence-corrected chi connectivity index (χ2v) is 14.0. The Labute approximate surface area is 215 Å². The number of rotatable bonds is 3. The number of aliphatic carboxylic acids is 1. The van der Waals surface area contributed by atoms with Gasteiger partial charge < -0.3 is 9.84 Å². The number of esters is 1. The van der Waals surface area contributed by atoms with Crippen LogP contribution in [0, 0.1) is 81.8 Å². The third kappa shape index (κ3) is 2.49. The Hall–Kier alpha value is -1.74. The molecule has 8 aliphatic carbocycles. The van der Waals surface area contributed by atoms with Gasteiger partial charge in [-0.25, -0.2) is 0 Å². The minimum Gasteiger partial charge on any atom is -0.481 e. The molecule has 0 aromatic rings. The average Bonchev–Trinajstić information content (AvgIpc) is 3.66. The number of hydrogen-bond donors (Lipinski definition) is 1. The number of allylic oxidation sites excluding steroid dienone is 2. The molecule has 0 spiro atoms. The topological polar surface area (TPSA) is 63.6 Å². The maximum Gasteiger partial charge on any atom is 0.405 e. The van der Waals surface area contributed by atoms with Crippen LogP contribution < -0.4 is 0 Å². The zero-order valence-corrected chi connectivity index (χ0v) is 20.5. The first-order valence-electron chi connectivity index (χ1n) is 14.1. The van der Waals surface area contributed by atoms with E-state index in [1.165, 1.54) is 0 Å². The Morgan fingerprint density at radius 2 is 1.29 bits per heavy atom. The molecule has 0 aromatic carbocycles. The second kappa shape index (κ2) is 6.93. The number of hydrogen-bond acceptors (Lipinski definition) is 3. The summed E-state index contributed by atoms with van der Waals surface area (Å²) in [5.41, 5.74) is -5.37. The molecule has 0 saturated heterocycles. The molecule has 4 nitrogen and oxygen atoms in total. The fourth-order valence-corrected chi connectivity index (χ4v) is 12.4. The van der Waals surface area contributed by atoms with Crippen LogP contribution in [0.3, 0.4) is 0 Å². The number of halogens is 6. The van der Waals surface area contributed by atoms with E-state index in [2.05, 4.69) is 6.08 Å². The lowest BCUT2D eigenvalue weighted by Crippen LogP contribution is -2.56. The molecule has 0 aromatic heterocycles. The standard InChI is InChI=1S/C28H30F6O4/c29-27(30,31)25(23(35)36)8-13-6-17(25)22-15-4-12(20(13)22)7-18(15)38-24(37)26(28(32,33)34)9-14-5-16(26)21-11-2-1-10(3-11)19(14)21/h1-2,10-22H,3-9H2,(H,35,36). The van der Waals surface area contributed by atoms with Crippen LogP contribution in [0.4, 0.5) is 26.3 Å². The number of carbonyl (C=O) groups excluding carboxylic acids is 1. The zero-order valence-electron chi connectivity index (χ0n) is 20.5. The van der Waals surface area contributed by atoms with E-state index in [0.29, 0.717) is 25.2 Å². The average molecular weight is 545 g/mol. The first-order chi connectivity index (χ1) is 17.8.